The summed E-state index contributed by atoms with van der Waals surface area (Å²) in [7, 11) is 4.19. The van der Waals surface area contributed by atoms with E-state index in [9.17, 15) is 0 Å². The Morgan fingerprint density at radius 1 is 1.12 bits per heavy atom. The van der Waals surface area contributed by atoms with E-state index in [0.717, 1.165) is 17.9 Å². The zero-order chi connectivity index (χ0) is 11.8. The fraction of sp³-hybridized carbons (Fsp3) is 0.600. The van der Waals surface area contributed by atoms with Crippen LogP contribution >= 0.6 is 0 Å². The highest BCUT2D eigenvalue weighted by Gasteiger charge is 2.41. The Morgan fingerprint density at radius 3 is 2.29 bits per heavy atom. The molecule has 2 fully saturated rings. The molecule has 17 heavy (non-hydrogen) atoms. The lowest BCUT2D eigenvalue weighted by molar-refractivity contribution is 0.568. The third-order valence-electron chi connectivity index (χ3n) is 3.96. The first-order valence-electron chi connectivity index (χ1n) is 6.78. The predicted octanol–water partition coefficient (Wildman–Crippen LogP) is 3.35. The minimum Gasteiger partial charge on any atom is -0.382 e. The Labute approximate surface area is 104 Å². The van der Waals surface area contributed by atoms with Gasteiger partial charge < -0.3 is 10.2 Å². The van der Waals surface area contributed by atoms with Crippen molar-refractivity contribution in [2.24, 2.45) is 11.8 Å². The summed E-state index contributed by atoms with van der Waals surface area (Å²) in [6, 6.07) is 9.51. The molecule has 2 saturated carbocycles. The van der Waals surface area contributed by atoms with Gasteiger partial charge in [-0.05, 0) is 55.7 Å². The van der Waals surface area contributed by atoms with Crippen molar-refractivity contribution in [2.45, 2.75) is 31.7 Å². The molecule has 0 atom stereocenters. The second kappa shape index (κ2) is 4.25. The maximum atomic E-state index is 3.77. The number of nitrogens with one attached hydrogen (secondary N) is 1. The van der Waals surface area contributed by atoms with E-state index in [2.05, 4.69) is 48.6 Å². The number of hydrogen-bond acceptors (Lipinski definition) is 2. The summed E-state index contributed by atoms with van der Waals surface area (Å²) >= 11 is 0. The van der Waals surface area contributed by atoms with Gasteiger partial charge in [-0.1, -0.05) is 6.07 Å². The number of anilines is 2. The number of rotatable bonds is 5. The molecule has 0 amide bonds. The number of hydrogen-bond donors (Lipinski definition) is 1. The summed E-state index contributed by atoms with van der Waals surface area (Å²) in [6.45, 7) is 0. The van der Waals surface area contributed by atoms with Gasteiger partial charge in [0.05, 0.1) is 0 Å². The zero-order valence-electron chi connectivity index (χ0n) is 10.8. The molecule has 0 heterocycles. The van der Waals surface area contributed by atoms with Crippen molar-refractivity contribution < 1.29 is 0 Å². The van der Waals surface area contributed by atoms with Gasteiger partial charge in [0, 0.05) is 31.5 Å². The lowest BCUT2D eigenvalue weighted by Crippen LogP contribution is -2.24. The Bertz CT molecular complexity index is 380. The molecule has 2 nitrogen and oxygen atoms in total. The summed E-state index contributed by atoms with van der Waals surface area (Å²) in [4.78, 5) is 2.16. The van der Waals surface area contributed by atoms with Crippen molar-refractivity contribution >= 4 is 11.4 Å². The third kappa shape index (κ3) is 2.56. The molecule has 3 rings (SSSR count). The van der Waals surface area contributed by atoms with Crippen molar-refractivity contribution in [3.63, 3.8) is 0 Å². The van der Waals surface area contributed by atoms with Gasteiger partial charge in [0.2, 0.25) is 0 Å². The minimum absolute atomic E-state index is 0.743. The molecule has 0 unspecified atom stereocenters. The quantitative estimate of drug-likeness (QED) is 0.834. The SMILES string of the molecule is CN(C)c1cccc(NC(C2CC2)C2CC2)c1. The molecular formula is C15H22N2. The first-order chi connectivity index (χ1) is 8.24. The van der Waals surface area contributed by atoms with Gasteiger partial charge in [-0.25, -0.2) is 0 Å². The monoisotopic (exact) mass is 230 g/mol. The second-order valence-corrected chi connectivity index (χ2v) is 5.79. The molecule has 2 aliphatic carbocycles. The largest absolute Gasteiger partial charge is 0.382 e. The normalized spacial score (nSPS) is 19.5. The van der Waals surface area contributed by atoms with E-state index >= 15 is 0 Å². The summed E-state index contributed by atoms with van der Waals surface area (Å²) in [6.07, 6.45) is 5.73. The molecule has 1 aromatic rings. The van der Waals surface area contributed by atoms with Crippen LogP contribution < -0.4 is 10.2 Å². The minimum atomic E-state index is 0.743. The molecule has 0 saturated heterocycles. The van der Waals surface area contributed by atoms with Crippen molar-refractivity contribution in [2.75, 3.05) is 24.3 Å². The van der Waals surface area contributed by atoms with Crippen molar-refractivity contribution in [3.05, 3.63) is 24.3 Å². The van der Waals surface area contributed by atoms with E-state index in [4.69, 9.17) is 0 Å². The Kier molecular flexibility index (Phi) is 2.73. The first kappa shape index (κ1) is 10.9. The van der Waals surface area contributed by atoms with Crippen LogP contribution in [0.1, 0.15) is 25.7 Å². The Balaban J connectivity index is 1.72. The summed E-state index contributed by atoms with van der Waals surface area (Å²) in [5.41, 5.74) is 2.57. The fourth-order valence-corrected chi connectivity index (χ4v) is 2.60. The number of nitrogens with zero attached hydrogens (tertiary/aromatic N) is 1. The van der Waals surface area contributed by atoms with Crippen LogP contribution in [0.3, 0.4) is 0 Å². The summed E-state index contributed by atoms with van der Waals surface area (Å²) < 4.78 is 0. The van der Waals surface area contributed by atoms with E-state index < -0.39 is 0 Å². The fourth-order valence-electron chi connectivity index (χ4n) is 2.60. The van der Waals surface area contributed by atoms with E-state index in [-0.39, 0.29) is 0 Å². The maximum absolute atomic E-state index is 3.77. The van der Waals surface area contributed by atoms with Crippen LogP contribution in [0.5, 0.6) is 0 Å². The van der Waals surface area contributed by atoms with E-state index in [1.165, 1.54) is 37.1 Å². The molecule has 0 aliphatic heterocycles. The van der Waals surface area contributed by atoms with Crippen LogP contribution in [0.4, 0.5) is 11.4 Å². The molecule has 0 spiro atoms. The van der Waals surface area contributed by atoms with Crippen LogP contribution in [0.2, 0.25) is 0 Å². The van der Waals surface area contributed by atoms with Crippen LogP contribution in [0.25, 0.3) is 0 Å². The van der Waals surface area contributed by atoms with Gasteiger partial charge in [-0.2, -0.15) is 0 Å². The standard InChI is InChI=1S/C15H22N2/c1-17(2)14-5-3-4-13(10-14)16-15(11-6-7-11)12-8-9-12/h3-5,10-12,15-16H,6-9H2,1-2H3. The maximum Gasteiger partial charge on any atom is 0.0381 e. The molecule has 1 N–H and O–H groups in total. The Morgan fingerprint density at radius 2 is 1.76 bits per heavy atom. The molecule has 0 radical (unpaired) electrons. The van der Waals surface area contributed by atoms with Crippen molar-refractivity contribution in [1.82, 2.24) is 0 Å². The highest BCUT2D eigenvalue weighted by molar-refractivity contribution is 5.58. The Hall–Kier alpha value is -1.18. The van der Waals surface area contributed by atoms with Crippen LogP contribution in [0, 0.1) is 11.8 Å². The van der Waals surface area contributed by atoms with Gasteiger partial charge >= 0.3 is 0 Å². The second-order valence-electron chi connectivity index (χ2n) is 5.79. The van der Waals surface area contributed by atoms with Gasteiger partial charge in [0.1, 0.15) is 0 Å². The van der Waals surface area contributed by atoms with Crippen molar-refractivity contribution in [1.29, 1.82) is 0 Å². The predicted molar refractivity (Wildman–Crippen MR) is 73.6 cm³/mol. The van der Waals surface area contributed by atoms with E-state index in [1.807, 2.05) is 0 Å². The lowest BCUT2D eigenvalue weighted by Gasteiger charge is -2.21. The molecule has 0 aromatic heterocycles. The highest BCUT2D eigenvalue weighted by Crippen LogP contribution is 2.45. The van der Waals surface area contributed by atoms with Crippen molar-refractivity contribution in [3.8, 4) is 0 Å². The third-order valence-corrected chi connectivity index (χ3v) is 3.96. The summed E-state index contributed by atoms with van der Waals surface area (Å²) in [5.74, 6) is 1.90. The van der Waals surface area contributed by atoms with Gasteiger partial charge in [0.25, 0.3) is 0 Å². The average Bonchev–Trinajstić information content (AvgIpc) is 3.16. The first-order valence-corrected chi connectivity index (χ1v) is 6.78. The molecule has 2 heteroatoms. The van der Waals surface area contributed by atoms with E-state index in [1.54, 1.807) is 0 Å². The number of benzene rings is 1. The molecule has 92 valence electrons. The van der Waals surface area contributed by atoms with Crippen LogP contribution in [-0.4, -0.2) is 20.1 Å². The molecular weight excluding hydrogens is 208 g/mol. The smallest absolute Gasteiger partial charge is 0.0381 e. The van der Waals surface area contributed by atoms with Gasteiger partial charge in [-0.15, -0.1) is 0 Å². The van der Waals surface area contributed by atoms with Gasteiger partial charge in [-0.3, -0.25) is 0 Å². The molecule has 0 bridgehead atoms. The zero-order valence-corrected chi connectivity index (χ0v) is 10.8. The molecule has 1 aromatic carbocycles. The molecule has 2 aliphatic rings. The highest BCUT2D eigenvalue weighted by atomic mass is 15.1. The van der Waals surface area contributed by atoms with Crippen LogP contribution in [0.15, 0.2) is 24.3 Å². The van der Waals surface area contributed by atoms with Gasteiger partial charge in [0.15, 0.2) is 0 Å². The van der Waals surface area contributed by atoms with E-state index in [0.29, 0.717) is 0 Å². The lowest BCUT2D eigenvalue weighted by atomic mass is 10.1. The topological polar surface area (TPSA) is 15.3 Å². The van der Waals surface area contributed by atoms with Crippen LogP contribution in [-0.2, 0) is 0 Å². The average molecular weight is 230 g/mol. The summed E-state index contributed by atoms with van der Waals surface area (Å²) in [5, 5.41) is 3.77.